The van der Waals surface area contributed by atoms with Crippen molar-refractivity contribution >= 4 is 6.29 Å². The molecule has 0 fully saturated rings. The van der Waals surface area contributed by atoms with Crippen molar-refractivity contribution in [1.82, 2.24) is 4.90 Å². The number of hydrogen-bond acceptors (Lipinski definition) is 3. The minimum absolute atomic E-state index is 0.0313. The van der Waals surface area contributed by atoms with E-state index in [1.807, 2.05) is 0 Å². The topological polar surface area (TPSA) is 40.5 Å². The van der Waals surface area contributed by atoms with Gasteiger partial charge in [0.25, 0.3) is 0 Å². The SMILES string of the molecule is CCC(C=O)(CC)CN(CCO)CC(F)(F)F. The van der Waals surface area contributed by atoms with Crippen LogP contribution in [-0.4, -0.2) is 48.7 Å². The highest BCUT2D eigenvalue weighted by Crippen LogP contribution is 2.26. The lowest BCUT2D eigenvalue weighted by atomic mass is 9.83. The predicted molar refractivity (Wildman–Crippen MR) is 58.7 cm³/mol. The Morgan fingerprint density at radius 2 is 1.71 bits per heavy atom. The van der Waals surface area contributed by atoms with Crippen molar-refractivity contribution in [3.8, 4) is 0 Å². The highest BCUT2D eigenvalue weighted by Gasteiger charge is 2.35. The fourth-order valence-electron chi connectivity index (χ4n) is 1.73. The van der Waals surface area contributed by atoms with Gasteiger partial charge in [0.05, 0.1) is 13.2 Å². The van der Waals surface area contributed by atoms with Crippen molar-refractivity contribution in [3.05, 3.63) is 0 Å². The Labute approximate surface area is 99.6 Å². The quantitative estimate of drug-likeness (QED) is 0.673. The minimum atomic E-state index is -4.31. The van der Waals surface area contributed by atoms with Crippen LogP contribution >= 0.6 is 0 Å². The molecule has 0 atom stereocenters. The van der Waals surface area contributed by atoms with Crippen molar-refractivity contribution < 1.29 is 23.1 Å². The van der Waals surface area contributed by atoms with Crippen LogP contribution in [0.15, 0.2) is 0 Å². The first-order valence-corrected chi connectivity index (χ1v) is 5.68. The van der Waals surface area contributed by atoms with Gasteiger partial charge in [0.2, 0.25) is 0 Å². The summed E-state index contributed by atoms with van der Waals surface area (Å²) >= 11 is 0. The number of aldehydes is 1. The standard InChI is InChI=1S/C11H20F3NO2/c1-3-10(4-2,9-17)7-15(5-6-16)8-11(12,13)14/h9,16H,3-8H2,1-2H3. The second-order valence-corrected chi connectivity index (χ2v) is 4.24. The Morgan fingerprint density at radius 1 is 1.18 bits per heavy atom. The normalized spacial score (nSPS) is 13.1. The molecule has 1 N–H and O–H groups in total. The molecule has 0 rings (SSSR count). The molecular formula is C11H20F3NO2. The van der Waals surface area contributed by atoms with Gasteiger partial charge >= 0.3 is 6.18 Å². The van der Waals surface area contributed by atoms with Crippen LogP contribution in [0.2, 0.25) is 0 Å². The molecule has 3 nitrogen and oxygen atoms in total. The maximum atomic E-state index is 12.3. The minimum Gasteiger partial charge on any atom is -0.395 e. The molecule has 0 aliphatic heterocycles. The van der Waals surface area contributed by atoms with E-state index in [1.165, 1.54) is 0 Å². The second-order valence-electron chi connectivity index (χ2n) is 4.24. The first kappa shape index (κ1) is 16.4. The molecule has 0 unspecified atom stereocenters. The maximum Gasteiger partial charge on any atom is 0.401 e. The van der Waals surface area contributed by atoms with E-state index < -0.39 is 18.1 Å². The van der Waals surface area contributed by atoms with Crippen molar-refractivity contribution in [3.63, 3.8) is 0 Å². The van der Waals surface area contributed by atoms with Gasteiger partial charge < -0.3 is 9.90 Å². The van der Waals surface area contributed by atoms with Crippen molar-refractivity contribution in [1.29, 1.82) is 0 Å². The average molecular weight is 255 g/mol. The zero-order valence-corrected chi connectivity index (χ0v) is 10.3. The van der Waals surface area contributed by atoms with Gasteiger partial charge in [0.15, 0.2) is 0 Å². The molecule has 0 aliphatic rings. The lowest BCUT2D eigenvalue weighted by Gasteiger charge is -2.33. The smallest absolute Gasteiger partial charge is 0.395 e. The van der Waals surface area contributed by atoms with Gasteiger partial charge in [-0.2, -0.15) is 13.2 Å². The molecule has 17 heavy (non-hydrogen) atoms. The fourth-order valence-corrected chi connectivity index (χ4v) is 1.73. The summed E-state index contributed by atoms with van der Waals surface area (Å²) in [4.78, 5) is 12.1. The molecule has 0 saturated carbocycles. The van der Waals surface area contributed by atoms with E-state index in [4.69, 9.17) is 5.11 Å². The zero-order chi connectivity index (χ0) is 13.5. The van der Waals surface area contributed by atoms with Crippen LogP contribution in [0.25, 0.3) is 0 Å². The highest BCUT2D eigenvalue weighted by molar-refractivity contribution is 5.59. The average Bonchev–Trinajstić information content (AvgIpc) is 2.24. The van der Waals surface area contributed by atoms with Gasteiger partial charge in [0, 0.05) is 18.5 Å². The Bertz CT molecular complexity index is 227. The van der Waals surface area contributed by atoms with Crippen LogP contribution in [0.5, 0.6) is 0 Å². The third-order valence-electron chi connectivity index (χ3n) is 3.02. The van der Waals surface area contributed by atoms with Gasteiger partial charge in [-0.3, -0.25) is 4.90 Å². The van der Waals surface area contributed by atoms with Gasteiger partial charge in [-0.05, 0) is 12.8 Å². The molecule has 0 aliphatic carbocycles. The Kier molecular flexibility index (Phi) is 6.70. The number of hydrogen-bond donors (Lipinski definition) is 1. The Balaban J connectivity index is 4.66. The van der Waals surface area contributed by atoms with Crippen LogP contribution in [0.3, 0.4) is 0 Å². The number of aliphatic hydroxyl groups excluding tert-OH is 1. The molecule has 6 heteroatoms. The molecule has 0 aromatic rings. The van der Waals surface area contributed by atoms with Gasteiger partial charge in [0.1, 0.15) is 6.29 Å². The summed E-state index contributed by atoms with van der Waals surface area (Å²) in [6.45, 7) is 2.07. The molecule has 0 heterocycles. The van der Waals surface area contributed by atoms with E-state index in [0.717, 1.165) is 11.2 Å². The molecule has 0 aromatic heterocycles. The van der Waals surface area contributed by atoms with E-state index in [-0.39, 0.29) is 19.7 Å². The number of aliphatic hydroxyl groups is 1. The summed E-state index contributed by atoms with van der Waals surface area (Å²) < 4.78 is 36.9. The molecule has 0 amide bonds. The number of rotatable bonds is 8. The third-order valence-corrected chi connectivity index (χ3v) is 3.02. The van der Waals surface area contributed by atoms with Crippen molar-refractivity contribution in [2.24, 2.45) is 5.41 Å². The number of carbonyl (C=O) groups excluding carboxylic acids is 1. The van der Waals surface area contributed by atoms with Crippen LogP contribution in [0, 0.1) is 5.41 Å². The molecule has 102 valence electrons. The van der Waals surface area contributed by atoms with E-state index in [0.29, 0.717) is 12.8 Å². The van der Waals surface area contributed by atoms with Crippen molar-refractivity contribution in [2.75, 3.05) is 26.2 Å². The van der Waals surface area contributed by atoms with Crippen LogP contribution in [0.1, 0.15) is 26.7 Å². The maximum absolute atomic E-state index is 12.3. The molecule has 0 saturated heterocycles. The zero-order valence-electron chi connectivity index (χ0n) is 10.3. The van der Waals surface area contributed by atoms with Crippen LogP contribution in [-0.2, 0) is 4.79 Å². The predicted octanol–water partition coefficient (Wildman–Crippen LogP) is 1.85. The second kappa shape index (κ2) is 6.96. The molecule has 0 radical (unpaired) electrons. The van der Waals surface area contributed by atoms with E-state index in [9.17, 15) is 18.0 Å². The molecular weight excluding hydrogens is 235 g/mol. The van der Waals surface area contributed by atoms with Crippen LogP contribution in [0.4, 0.5) is 13.2 Å². The monoisotopic (exact) mass is 255 g/mol. The van der Waals surface area contributed by atoms with Gasteiger partial charge in [-0.25, -0.2) is 0 Å². The lowest BCUT2D eigenvalue weighted by Crippen LogP contribution is -2.44. The first-order chi connectivity index (χ1) is 7.82. The summed E-state index contributed by atoms with van der Waals surface area (Å²) in [5.41, 5.74) is -0.750. The van der Waals surface area contributed by atoms with Gasteiger partial charge in [-0.15, -0.1) is 0 Å². The summed E-state index contributed by atoms with van der Waals surface area (Å²) in [6.07, 6.45) is -2.60. The fraction of sp³-hybridized carbons (Fsp3) is 0.909. The van der Waals surface area contributed by atoms with Crippen LogP contribution < -0.4 is 0 Å². The highest BCUT2D eigenvalue weighted by atomic mass is 19.4. The van der Waals surface area contributed by atoms with E-state index >= 15 is 0 Å². The molecule has 0 bridgehead atoms. The summed E-state index contributed by atoms with van der Waals surface area (Å²) in [7, 11) is 0. The summed E-state index contributed by atoms with van der Waals surface area (Å²) in [5, 5.41) is 8.75. The summed E-state index contributed by atoms with van der Waals surface area (Å²) in [6, 6.07) is 0. The Hall–Kier alpha value is -0.620. The molecule has 0 spiro atoms. The first-order valence-electron chi connectivity index (χ1n) is 5.68. The van der Waals surface area contributed by atoms with Gasteiger partial charge in [-0.1, -0.05) is 13.8 Å². The largest absolute Gasteiger partial charge is 0.401 e. The van der Waals surface area contributed by atoms with E-state index in [2.05, 4.69) is 0 Å². The molecule has 0 aromatic carbocycles. The van der Waals surface area contributed by atoms with Crippen molar-refractivity contribution in [2.45, 2.75) is 32.9 Å². The number of carbonyl (C=O) groups is 1. The number of halogens is 3. The Morgan fingerprint density at radius 3 is 2.00 bits per heavy atom. The number of nitrogens with zero attached hydrogens (tertiary/aromatic N) is 1. The third kappa shape index (κ3) is 6.02. The van der Waals surface area contributed by atoms with E-state index in [1.54, 1.807) is 13.8 Å². The summed E-state index contributed by atoms with van der Waals surface area (Å²) in [5.74, 6) is 0. The number of alkyl halides is 3. The lowest BCUT2D eigenvalue weighted by molar-refractivity contribution is -0.151.